The topological polar surface area (TPSA) is 102 Å². The molecule has 4 rings (SSSR count). The molecule has 1 saturated heterocycles. The predicted octanol–water partition coefficient (Wildman–Crippen LogP) is 3.50. The van der Waals surface area contributed by atoms with Crippen LogP contribution in [0.15, 0.2) is 70.1 Å². The number of ether oxygens (including phenoxy) is 1. The van der Waals surface area contributed by atoms with Gasteiger partial charge in [0.15, 0.2) is 0 Å². The van der Waals surface area contributed by atoms with Gasteiger partial charge < -0.3 is 14.6 Å². The molecule has 31 heavy (non-hydrogen) atoms. The SMILES string of the molecule is COc1ccccc1NC(=O)c1cc(C2CCCN(S(=O)(=O)c3ccccc3)C2)no1. The minimum atomic E-state index is -3.58. The Morgan fingerprint density at radius 3 is 2.68 bits per heavy atom. The number of piperidine rings is 1. The number of para-hydroxylation sites is 2. The van der Waals surface area contributed by atoms with Crippen molar-refractivity contribution in [1.29, 1.82) is 0 Å². The number of nitrogens with zero attached hydrogens (tertiary/aromatic N) is 2. The number of methoxy groups -OCH3 is 1. The van der Waals surface area contributed by atoms with Crippen molar-refractivity contribution in [3.63, 3.8) is 0 Å². The van der Waals surface area contributed by atoms with Gasteiger partial charge in [0, 0.05) is 25.1 Å². The molecule has 1 aliphatic rings. The van der Waals surface area contributed by atoms with Gasteiger partial charge in [-0.2, -0.15) is 4.31 Å². The second kappa shape index (κ2) is 8.91. The maximum absolute atomic E-state index is 12.9. The van der Waals surface area contributed by atoms with Crippen LogP contribution in [0.5, 0.6) is 5.75 Å². The molecule has 2 aromatic carbocycles. The van der Waals surface area contributed by atoms with Crippen molar-refractivity contribution >= 4 is 21.6 Å². The number of hydrogen-bond acceptors (Lipinski definition) is 6. The van der Waals surface area contributed by atoms with Crippen LogP contribution in [0.2, 0.25) is 0 Å². The van der Waals surface area contributed by atoms with Crippen LogP contribution in [0, 0.1) is 0 Å². The minimum Gasteiger partial charge on any atom is -0.495 e. The van der Waals surface area contributed by atoms with Gasteiger partial charge in [-0.3, -0.25) is 4.79 Å². The van der Waals surface area contributed by atoms with Gasteiger partial charge in [-0.1, -0.05) is 35.5 Å². The number of anilines is 1. The molecule has 1 unspecified atom stereocenters. The van der Waals surface area contributed by atoms with Gasteiger partial charge in [-0.25, -0.2) is 8.42 Å². The first-order valence-corrected chi connectivity index (χ1v) is 11.4. The number of rotatable bonds is 6. The maximum Gasteiger partial charge on any atom is 0.294 e. The van der Waals surface area contributed by atoms with E-state index in [9.17, 15) is 13.2 Å². The zero-order chi connectivity index (χ0) is 21.8. The number of aromatic nitrogens is 1. The van der Waals surface area contributed by atoms with E-state index in [2.05, 4.69) is 10.5 Å². The van der Waals surface area contributed by atoms with Gasteiger partial charge in [0.25, 0.3) is 5.91 Å². The minimum absolute atomic E-state index is 0.0592. The lowest BCUT2D eigenvalue weighted by molar-refractivity contribution is 0.0987. The number of nitrogens with one attached hydrogen (secondary N) is 1. The molecule has 1 atom stereocenters. The Balaban J connectivity index is 1.48. The van der Waals surface area contributed by atoms with Crippen molar-refractivity contribution in [1.82, 2.24) is 9.46 Å². The first-order valence-electron chi connectivity index (χ1n) is 9.95. The Morgan fingerprint density at radius 2 is 1.90 bits per heavy atom. The summed E-state index contributed by atoms with van der Waals surface area (Å²) in [5.74, 6) is -0.00908. The highest BCUT2D eigenvalue weighted by Crippen LogP contribution is 2.30. The standard InChI is InChI=1S/C22H23N3O5S/c1-29-20-12-6-5-11-18(20)23-22(26)21-14-19(24-30-21)16-8-7-13-25(15-16)31(27,28)17-9-3-2-4-10-17/h2-6,9-12,14,16H,7-8,13,15H2,1H3,(H,23,26). The third-order valence-corrected chi connectivity index (χ3v) is 7.17. The number of carbonyl (C=O) groups is 1. The smallest absolute Gasteiger partial charge is 0.294 e. The van der Waals surface area contributed by atoms with Crippen LogP contribution < -0.4 is 10.1 Å². The van der Waals surface area contributed by atoms with Crippen LogP contribution in [0.4, 0.5) is 5.69 Å². The quantitative estimate of drug-likeness (QED) is 0.628. The van der Waals surface area contributed by atoms with Gasteiger partial charge in [-0.15, -0.1) is 0 Å². The largest absolute Gasteiger partial charge is 0.495 e. The van der Waals surface area contributed by atoms with E-state index in [-0.39, 0.29) is 23.1 Å². The lowest BCUT2D eigenvalue weighted by Crippen LogP contribution is -2.39. The fraction of sp³-hybridized carbons (Fsp3) is 0.273. The van der Waals surface area contributed by atoms with E-state index >= 15 is 0 Å². The molecule has 162 valence electrons. The summed E-state index contributed by atoms with van der Waals surface area (Å²) in [7, 11) is -2.06. The molecule has 1 fully saturated rings. The van der Waals surface area contributed by atoms with Crippen molar-refractivity contribution in [2.45, 2.75) is 23.7 Å². The third kappa shape index (κ3) is 4.47. The van der Waals surface area contributed by atoms with Gasteiger partial charge in [0.2, 0.25) is 15.8 Å². The zero-order valence-corrected chi connectivity index (χ0v) is 17.8. The molecule has 2 heterocycles. The Kier molecular flexibility index (Phi) is 6.06. The normalized spacial score (nSPS) is 17.3. The second-order valence-corrected chi connectivity index (χ2v) is 9.22. The summed E-state index contributed by atoms with van der Waals surface area (Å²) in [5.41, 5.74) is 1.09. The number of hydrogen-bond donors (Lipinski definition) is 1. The molecule has 8 nitrogen and oxygen atoms in total. The molecule has 0 bridgehead atoms. The summed E-state index contributed by atoms with van der Waals surface area (Å²) < 4.78 is 37.9. The lowest BCUT2D eigenvalue weighted by Gasteiger charge is -2.30. The molecule has 9 heteroatoms. The van der Waals surface area contributed by atoms with Gasteiger partial charge in [0.1, 0.15) is 5.75 Å². The molecule has 1 N–H and O–H groups in total. The highest BCUT2D eigenvalue weighted by Gasteiger charge is 2.32. The molecular formula is C22H23N3O5S. The second-order valence-electron chi connectivity index (χ2n) is 7.29. The fourth-order valence-corrected chi connectivity index (χ4v) is 5.21. The highest BCUT2D eigenvalue weighted by atomic mass is 32.2. The Morgan fingerprint density at radius 1 is 1.16 bits per heavy atom. The molecule has 1 aliphatic heterocycles. The number of carbonyl (C=O) groups excluding carboxylic acids is 1. The van der Waals surface area contributed by atoms with Crippen molar-refractivity contribution in [2.75, 3.05) is 25.5 Å². The van der Waals surface area contributed by atoms with E-state index in [1.807, 2.05) is 0 Å². The Hall–Kier alpha value is -3.17. The van der Waals surface area contributed by atoms with E-state index in [0.29, 0.717) is 30.1 Å². The van der Waals surface area contributed by atoms with Crippen LogP contribution in [0.3, 0.4) is 0 Å². The van der Waals surface area contributed by atoms with Crippen LogP contribution in [0.25, 0.3) is 0 Å². The van der Waals surface area contributed by atoms with Gasteiger partial charge in [-0.05, 0) is 37.1 Å². The summed E-state index contributed by atoms with van der Waals surface area (Å²) in [6, 6.07) is 17.0. The molecule has 3 aromatic rings. The first kappa shape index (κ1) is 21.1. The van der Waals surface area contributed by atoms with Crippen molar-refractivity contribution in [3.05, 3.63) is 72.1 Å². The highest BCUT2D eigenvalue weighted by molar-refractivity contribution is 7.89. The van der Waals surface area contributed by atoms with Crippen molar-refractivity contribution in [3.8, 4) is 5.75 Å². The molecular weight excluding hydrogens is 418 g/mol. The first-order chi connectivity index (χ1) is 15.0. The monoisotopic (exact) mass is 441 g/mol. The fourth-order valence-electron chi connectivity index (χ4n) is 3.66. The summed E-state index contributed by atoms with van der Waals surface area (Å²) in [6.07, 6.45) is 1.47. The van der Waals surface area contributed by atoms with Crippen molar-refractivity contribution in [2.24, 2.45) is 0 Å². The summed E-state index contributed by atoms with van der Waals surface area (Å²) in [4.78, 5) is 12.9. The molecule has 1 aromatic heterocycles. The van der Waals surface area contributed by atoms with Gasteiger partial charge >= 0.3 is 0 Å². The maximum atomic E-state index is 12.9. The average Bonchev–Trinajstić information content (AvgIpc) is 3.31. The average molecular weight is 442 g/mol. The van der Waals surface area contributed by atoms with Crippen LogP contribution in [-0.2, 0) is 10.0 Å². The predicted molar refractivity (Wildman–Crippen MR) is 115 cm³/mol. The van der Waals surface area contributed by atoms with E-state index in [0.717, 1.165) is 6.42 Å². The molecule has 0 saturated carbocycles. The molecule has 0 radical (unpaired) electrons. The van der Waals surface area contributed by atoms with E-state index < -0.39 is 15.9 Å². The number of sulfonamides is 1. The van der Waals surface area contributed by atoms with E-state index in [1.54, 1.807) is 60.7 Å². The summed E-state index contributed by atoms with van der Waals surface area (Å²) in [6.45, 7) is 0.740. The molecule has 1 amide bonds. The Labute approximate surface area is 180 Å². The van der Waals surface area contributed by atoms with Crippen LogP contribution in [-0.4, -0.2) is 44.0 Å². The summed E-state index contributed by atoms with van der Waals surface area (Å²) >= 11 is 0. The molecule has 0 spiro atoms. The van der Waals surface area contributed by atoms with Crippen LogP contribution >= 0.6 is 0 Å². The summed E-state index contributed by atoms with van der Waals surface area (Å²) in [5, 5.41) is 6.79. The van der Waals surface area contributed by atoms with E-state index in [1.165, 1.54) is 11.4 Å². The zero-order valence-electron chi connectivity index (χ0n) is 17.0. The van der Waals surface area contributed by atoms with Gasteiger partial charge in [0.05, 0.1) is 23.4 Å². The van der Waals surface area contributed by atoms with Crippen molar-refractivity contribution < 1.29 is 22.5 Å². The molecule has 0 aliphatic carbocycles. The number of benzene rings is 2. The lowest BCUT2D eigenvalue weighted by atomic mass is 9.96. The third-order valence-electron chi connectivity index (χ3n) is 5.29. The Bertz CT molecular complexity index is 1160. The number of amides is 1. The van der Waals surface area contributed by atoms with E-state index in [4.69, 9.17) is 9.26 Å². The van der Waals surface area contributed by atoms with Crippen LogP contribution in [0.1, 0.15) is 35.0 Å².